The van der Waals surface area contributed by atoms with Crippen molar-refractivity contribution in [1.29, 1.82) is 0 Å². The van der Waals surface area contributed by atoms with Crippen molar-refractivity contribution >= 4 is 11.3 Å². The molecule has 0 aromatic carbocycles. The van der Waals surface area contributed by atoms with Crippen molar-refractivity contribution in [3.8, 4) is 10.6 Å². The van der Waals surface area contributed by atoms with E-state index in [9.17, 15) is 0 Å². The maximum absolute atomic E-state index is 4.27. The molecule has 0 aliphatic heterocycles. The summed E-state index contributed by atoms with van der Waals surface area (Å²) in [7, 11) is 1.94. The van der Waals surface area contributed by atoms with Gasteiger partial charge in [0.1, 0.15) is 10.0 Å². The van der Waals surface area contributed by atoms with Crippen molar-refractivity contribution in [3.63, 3.8) is 0 Å². The Morgan fingerprint density at radius 3 is 2.67 bits per heavy atom. The van der Waals surface area contributed by atoms with Gasteiger partial charge in [0.2, 0.25) is 0 Å². The second-order valence-electron chi connectivity index (χ2n) is 4.18. The first-order chi connectivity index (χ1) is 8.65. The lowest BCUT2D eigenvalue weighted by atomic mass is 10.2. The van der Waals surface area contributed by atoms with E-state index in [0.717, 1.165) is 33.4 Å². The Morgan fingerprint density at radius 1 is 1.22 bits per heavy atom. The molecule has 5 nitrogen and oxygen atoms in total. The van der Waals surface area contributed by atoms with Crippen LogP contribution in [-0.4, -0.2) is 27.4 Å². The first kappa shape index (κ1) is 13.0. The molecule has 1 N–H and O–H groups in total. The largest absolute Gasteiger partial charge is 0.311 e. The van der Waals surface area contributed by atoms with Crippen LogP contribution in [0.5, 0.6) is 0 Å². The van der Waals surface area contributed by atoms with Crippen molar-refractivity contribution in [1.82, 2.24) is 25.7 Å². The van der Waals surface area contributed by atoms with Crippen molar-refractivity contribution in [2.45, 2.75) is 33.2 Å². The van der Waals surface area contributed by atoms with Crippen LogP contribution < -0.4 is 5.32 Å². The molecule has 6 heteroatoms. The number of aromatic nitrogens is 4. The van der Waals surface area contributed by atoms with E-state index in [2.05, 4.69) is 32.6 Å². The Kier molecular flexibility index (Phi) is 3.98. The lowest BCUT2D eigenvalue weighted by Gasteiger charge is -2.08. The summed E-state index contributed by atoms with van der Waals surface area (Å²) in [6, 6.07) is 2.28. The molecule has 0 amide bonds. The topological polar surface area (TPSA) is 63.6 Å². The van der Waals surface area contributed by atoms with E-state index in [1.165, 1.54) is 0 Å². The molecule has 0 fully saturated rings. The highest BCUT2D eigenvalue weighted by Crippen LogP contribution is 2.29. The van der Waals surface area contributed by atoms with Gasteiger partial charge in [-0.2, -0.15) is 10.2 Å². The monoisotopic (exact) mass is 263 g/mol. The zero-order valence-corrected chi connectivity index (χ0v) is 11.9. The predicted molar refractivity (Wildman–Crippen MR) is 72.5 cm³/mol. The minimum atomic E-state index is 0.271. The van der Waals surface area contributed by atoms with Gasteiger partial charge in [-0.15, -0.1) is 10.2 Å². The molecule has 2 heterocycles. The van der Waals surface area contributed by atoms with Gasteiger partial charge < -0.3 is 5.32 Å². The SMILES string of the molecule is CCC(NC)c1nnc(-c2cc(C)nnc2C)s1. The molecule has 0 radical (unpaired) electrons. The van der Waals surface area contributed by atoms with Gasteiger partial charge in [0.05, 0.1) is 17.4 Å². The van der Waals surface area contributed by atoms with Gasteiger partial charge in [-0.3, -0.25) is 0 Å². The van der Waals surface area contributed by atoms with Crippen LogP contribution in [0, 0.1) is 13.8 Å². The first-order valence-electron chi connectivity index (χ1n) is 5.97. The van der Waals surface area contributed by atoms with Crippen LogP contribution in [-0.2, 0) is 0 Å². The van der Waals surface area contributed by atoms with E-state index < -0.39 is 0 Å². The quantitative estimate of drug-likeness (QED) is 0.917. The van der Waals surface area contributed by atoms with E-state index in [0.29, 0.717) is 0 Å². The van der Waals surface area contributed by atoms with Gasteiger partial charge >= 0.3 is 0 Å². The molecule has 0 spiro atoms. The Morgan fingerprint density at radius 2 is 2.00 bits per heavy atom. The number of nitrogens with zero attached hydrogens (tertiary/aromatic N) is 4. The highest BCUT2D eigenvalue weighted by Gasteiger charge is 2.15. The zero-order chi connectivity index (χ0) is 13.1. The summed E-state index contributed by atoms with van der Waals surface area (Å²) < 4.78 is 0. The Hall–Kier alpha value is -1.40. The number of hydrogen-bond acceptors (Lipinski definition) is 6. The van der Waals surface area contributed by atoms with Crippen LogP contribution >= 0.6 is 11.3 Å². The number of aryl methyl sites for hydroxylation is 2. The number of nitrogens with one attached hydrogen (secondary N) is 1. The Balaban J connectivity index is 2.37. The zero-order valence-electron chi connectivity index (χ0n) is 11.1. The van der Waals surface area contributed by atoms with Crippen LogP contribution in [0.15, 0.2) is 6.07 Å². The van der Waals surface area contributed by atoms with Crippen LogP contribution in [0.25, 0.3) is 10.6 Å². The summed E-state index contributed by atoms with van der Waals surface area (Å²) in [5.74, 6) is 0. The molecule has 96 valence electrons. The molecule has 0 aliphatic carbocycles. The number of rotatable bonds is 4. The van der Waals surface area contributed by atoms with Crippen LogP contribution in [0.3, 0.4) is 0 Å². The van der Waals surface area contributed by atoms with Crippen molar-refractivity contribution in [3.05, 3.63) is 22.5 Å². The molecular weight excluding hydrogens is 246 g/mol. The third-order valence-electron chi connectivity index (χ3n) is 2.83. The molecule has 1 atom stereocenters. The van der Waals surface area contributed by atoms with E-state index in [4.69, 9.17) is 0 Å². The van der Waals surface area contributed by atoms with Crippen LogP contribution in [0.1, 0.15) is 35.8 Å². The second kappa shape index (κ2) is 5.49. The van der Waals surface area contributed by atoms with E-state index in [1.807, 2.05) is 27.0 Å². The summed E-state index contributed by atoms with van der Waals surface area (Å²) in [5, 5.41) is 21.9. The van der Waals surface area contributed by atoms with Gasteiger partial charge in [0.15, 0.2) is 0 Å². The molecule has 1 unspecified atom stereocenters. The van der Waals surface area contributed by atoms with E-state index in [-0.39, 0.29) is 6.04 Å². The molecule has 2 aromatic rings. The lowest BCUT2D eigenvalue weighted by molar-refractivity contribution is 0.568. The predicted octanol–water partition coefficient (Wildman–Crippen LogP) is 2.28. The van der Waals surface area contributed by atoms with Gasteiger partial charge in [-0.05, 0) is 33.4 Å². The lowest BCUT2D eigenvalue weighted by Crippen LogP contribution is -2.14. The average Bonchev–Trinajstić information content (AvgIpc) is 2.83. The third-order valence-corrected chi connectivity index (χ3v) is 3.90. The van der Waals surface area contributed by atoms with Gasteiger partial charge in [-0.25, -0.2) is 0 Å². The standard InChI is InChI=1S/C12H17N5S/c1-5-10(13-4)12-17-16-11(18-12)9-6-7(2)14-15-8(9)3/h6,10,13H,5H2,1-4H3. The fourth-order valence-corrected chi connectivity index (χ4v) is 2.86. The van der Waals surface area contributed by atoms with Crippen LogP contribution in [0.4, 0.5) is 0 Å². The molecule has 2 rings (SSSR count). The normalized spacial score (nSPS) is 12.7. The van der Waals surface area contributed by atoms with E-state index >= 15 is 0 Å². The minimum Gasteiger partial charge on any atom is -0.311 e. The molecule has 0 aliphatic rings. The smallest absolute Gasteiger partial charge is 0.149 e. The van der Waals surface area contributed by atoms with E-state index in [1.54, 1.807) is 11.3 Å². The highest BCUT2D eigenvalue weighted by molar-refractivity contribution is 7.14. The van der Waals surface area contributed by atoms with Crippen LogP contribution in [0.2, 0.25) is 0 Å². The fraction of sp³-hybridized carbons (Fsp3) is 0.500. The molecule has 2 aromatic heterocycles. The first-order valence-corrected chi connectivity index (χ1v) is 6.79. The second-order valence-corrected chi connectivity index (χ2v) is 5.19. The minimum absolute atomic E-state index is 0.271. The molecular formula is C12H17N5S. The Bertz CT molecular complexity index is 533. The van der Waals surface area contributed by atoms with Gasteiger partial charge in [0, 0.05) is 5.56 Å². The molecule has 0 bridgehead atoms. The summed E-state index contributed by atoms with van der Waals surface area (Å²) >= 11 is 1.61. The van der Waals surface area contributed by atoms with Crippen molar-refractivity contribution in [2.24, 2.45) is 0 Å². The molecule has 0 saturated heterocycles. The number of hydrogen-bond donors (Lipinski definition) is 1. The summed E-state index contributed by atoms with van der Waals surface area (Å²) in [6.07, 6.45) is 0.998. The highest BCUT2D eigenvalue weighted by atomic mass is 32.1. The van der Waals surface area contributed by atoms with Gasteiger partial charge in [0.25, 0.3) is 0 Å². The molecule has 18 heavy (non-hydrogen) atoms. The Labute approximate surface area is 111 Å². The summed E-state index contributed by atoms with van der Waals surface area (Å²) in [4.78, 5) is 0. The maximum atomic E-state index is 4.27. The molecule has 0 saturated carbocycles. The van der Waals surface area contributed by atoms with Crippen molar-refractivity contribution < 1.29 is 0 Å². The third kappa shape index (κ3) is 2.54. The average molecular weight is 263 g/mol. The summed E-state index contributed by atoms with van der Waals surface area (Å²) in [5.41, 5.74) is 2.81. The maximum Gasteiger partial charge on any atom is 0.149 e. The fourth-order valence-electron chi connectivity index (χ4n) is 1.75. The van der Waals surface area contributed by atoms with Gasteiger partial charge in [-0.1, -0.05) is 18.3 Å². The van der Waals surface area contributed by atoms with Crippen molar-refractivity contribution in [2.75, 3.05) is 7.05 Å². The summed E-state index contributed by atoms with van der Waals surface area (Å²) in [6.45, 7) is 6.00.